The summed E-state index contributed by atoms with van der Waals surface area (Å²) in [6.07, 6.45) is 4.16. The Bertz CT molecular complexity index is 347. The van der Waals surface area contributed by atoms with E-state index in [9.17, 15) is 5.11 Å². The zero-order valence-corrected chi connectivity index (χ0v) is 11.1. The molecule has 1 aliphatic carbocycles. The largest absolute Gasteiger partial charge is 0.389 e. The Morgan fingerprint density at radius 3 is 2.75 bits per heavy atom. The molecule has 1 fully saturated rings. The SMILES string of the molecule is CC(NCC1(O)CCCC1)c1ccc(Cl)s1. The van der Waals surface area contributed by atoms with Crippen molar-refractivity contribution >= 4 is 22.9 Å². The molecule has 16 heavy (non-hydrogen) atoms. The molecule has 0 saturated heterocycles. The van der Waals surface area contributed by atoms with Crippen molar-refractivity contribution in [3.8, 4) is 0 Å². The first kappa shape index (κ1) is 12.4. The van der Waals surface area contributed by atoms with Crippen molar-refractivity contribution in [2.45, 2.75) is 44.2 Å². The van der Waals surface area contributed by atoms with Crippen LogP contribution in [-0.2, 0) is 0 Å². The quantitative estimate of drug-likeness (QED) is 0.869. The summed E-state index contributed by atoms with van der Waals surface area (Å²) in [5.41, 5.74) is -0.477. The van der Waals surface area contributed by atoms with Gasteiger partial charge < -0.3 is 10.4 Å². The second-order valence-electron chi connectivity index (χ2n) is 4.68. The highest BCUT2D eigenvalue weighted by molar-refractivity contribution is 7.16. The summed E-state index contributed by atoms with van der Waals surface area (Å²) in [6.45, 7) is 2.80. The number of hydrogen-bond donors (Lipinski definition) is 2. The van der Waals surface area contributed by atoms with Gasteiger partial charge in [-0.3, -0.25) is 0 Å². The van der Waals surface area contributed by atoms with Crippen molar-refractivity contribution in [3.05, 3.63) is 21.3 Å². The van der Waals surface area contributed by atoms with Crippen LogP contribution < -0.4 is 5.32 Å². The van der Waals surface area contributed by atoms with E-state index >= 15 is 0 Å². The fourth-order valence-corrected chi connectivity index (χ4v) is 3.30. The third-order valence-corrected chi connectivity index (χ3v) is 4.71. The second kappa shape index (κ2) is 5.05. The first-order valence-electron chi connectivity index (χ1n) is 5.80. The molecule has 1 aromatic heterocycles. The van der Waals surface area contributed by atoms with Gasteiger partial charge in [-0.05, 0) is 31.9 Å². The van der Waals surface area contributed by atoms with E-state index in [1.807, 2.05) is 12.1 Å². The average Bonchev–Trinajstić information content (AvgIpc) is 2.85. The van der Waals surface area contributed by atoms with Crippen LogP contribution in [0.3, 0.4) is 0 Å². The van der Waals surface area contributed by atoms with Gasteiger partial charge >= 0.3 is 0 Å². The molecule has 0 bridgehead atoms. The Balaban J connectivity index is 1.86. The van der Waals surface area contributed by atoms with E-state index in [1.165, 1.54) is 4.88 Å². The van der Waals surface area contributed by atoms with Crippen molar-refractivity contribution in [2.75, 3.05) is 6.54 Å². The van der Waals surface area contributed by atoms with E-state index in [0.717, 1.165) is 30.0 Å². The van der Waals surface area contributed by atoms with Crippen molar-refractivity contribution in [3.63, 3.8) is 0 Å². The molecule has 1 heterocycles. The Labute approximate surface area is 106 Å². The smallest absolute Gasteiger partial charge is 0.0931 e. The fourth-order valence-electron chi connectivity index (χ4n) is 2.21. The molecule has 2 rings (SSSR count). The van der Waals surface area contributed by atoms with Crippen LogP contribution in [0.5, 0.6) is 0 Å². The number of thiophene rings is 1. The van der Waals surface area contributed by atoms with Gasteiger partial charge in [-0.25, -0.2) is 0 Å². The summed E-state index contributed by atoms with van der Waals surface area (Å²) in [5.74, 6) is 0. The molecule has 1 saturated carbocycles. The third-order valence-electron chi connectivity index (χ3n) is 3.29. The van der Waals surface area contributed by atoms with Gasteiger partial charge in [0.2, 0.25) is 0 Å². The van der Waals surface area contributed by atoms with Crippen molar-refractivity contribution in [1.82, 2.24) is 5.32 Å². The second-order valence-corrected chi connectivity index (χ2v) is 6.42. The Morgan fingerprint density at radius 2 is 2.19 bits per heavy atom. The Morgan fingerprint density at radius 1 is 1.50 bits per heavy atom. The van der Waals surface area contributed by atoms with E-state index in [1.54, 1.807) is 11.3 Å². The van der Waals surface area contributed by atoms with Crippen LogP contribution in [0.1, 0.15) is 43.5 Å². The zero-order chi connectivity index (χ0) is 11.6. The van der Waals surface area contributed by atoms with Gasteiger partial charge in [-0.15, -0.1) is 11.3 Å². The molecule has 1 aromatic rings. The van der Waals surface area contributed by atoms with Gasteiger partial charge in [0.05, 0.1) is 9.94 Å². The van der Waals surface area contributed by atoms with Gasteiger partial charge in [0.15, 0.2) is 0 Å². The van der Waals surface area contributed by atoms with Crippen LogP contribution in [0.15, 0.2) is 12.1 Å². The maximum Gasteiger partial charge on any atom is 0.0931 e. The third kappa shape index (κ3) is 2.98. The number of nitrogens with one attached hydrogen (secondary N) is 1. The highest BCUT2D eigenvalue weighted by Crippen LogP contribution is 2.30. The topological polar surface area (TPSA) is 32.3 Å². The summed E-state index contributed by atoms with van der Waals surface area (Å²) in [7, 11) is 0. The highest BCUT2D eigenvalue weighted by Gasteiger charge is 2.31. The first-order chi connectivity index (χ1) is 7.59. The van der Waals surface area contributed by atoms with Gasteiger partial charge in [-0.2, -0.15) is 0 Å². The lowest BCUT2D eigenvalue weighted by Crippen LogP contribution is -2.38. The lowest BCUT2D eigenvalue weighted by Gasteiger charge is -2.24. The van der Waals surface area contributed by atoms with Crippen LogP contribution in [0.2, 0.25) is 4.34 Å². The highest BCUT2D eigenvalue weighted by atomic mass is 35.5. The van der Waals surface area contributed by atoms with Crippen LogP contribution in [0, 0.1) is 0 Å². The van der Waals surface area contributed by atoms with Crippen molar-refractivity contribution < 1.29 is 5.11 Å². The zero-order valence-electron chi connectivity index (χ0n) is 9.50. The van der Waals surface area contributed by atoms with E-state index < -0.39 is 5.60 Å². The van der Waals surface area contributed by atoms with Crippen LogP contribution in [0.4, 0.5) is 0 Å². The molecule has 0 aromatic carbocycles. The summed E-state index contributed by atoms with van der Waals surface area (Å²) >= 11 is 7.50. The molecule has 1 atom stereocenters. The predicted molar refractivity (Wildman–Crippen MR) is 69.2 cm³/mol. The molecule has 0 spiro atoms. The summed E-state index contributed by atoms with van der Waals surface area (Å²) in [6, 6.07) is 4.23. The predicted octanol–water partition coefficient (Wildman–Crippen LogP) is 3.36. The molecule has 1 unspecified atom stereocenters. The van der Waals surface area contributed by atoms with Gasteiger partial charge in [-0.1, -0.05) is 24.4 Å². The van der Waals surface area contributed by atoms with Crippen molar-refractivity contribution in [1.29, 1.82) is 0 Å². The molecule has 90 valence electrons. The first-order valence-corrected chi connectivity index (χ1v) is 6.99. The van der Waals surface area contributed by atoms with Crippen LogP contribution in [-0.4, -0.2) is 17.3 Å². The maximum absolute atomic E-state index is 10.2. The number of aliphatic hydroxyl groups is 1. The van der Waals surface area contributed by atoms with Crippen LogP contribution >= 0.6 is 22.9 Å². The monoisotopic (exact) mass is 259 g/mol. The normalized spacial score (nSPS) is 21.2. The molecule has 2 nitrogen and oxygen atoms in total. The van der Waals surface area contributed by atoms with Gasteiger partial charge in [0.25, 0.3) is 0 Å². The number of halogens is 1. The summed E-state index contributed by atoms with van der Waals surface area (Å²) in [5, 5.41) is 13.6. The Hall–Kier alpha value is -0.0900. The van der Waals surface area contributed by atoms with Gasteiger partial charge in [0, 0.05) is 17.5 Å². The Kier molecular flexibility index (Phi) is 3.90. The molecule has 4 heteroatoms. The molecule has 0 radical (unpaired) electrons. The van der Waals surface area contributed by atoms with Gasteiger partial charge in [0.1, 0.15) is 0 Å². The van der Waals surface area contributed by atoms with E-state index in [2.05, 4.69) is 12.2 Å². The lowest BCUT2D eigenvalue weighted by atomic mass is 10.0. The lowest BCUT2D eigenvalue weighted by molar-refractivity contribution is 0.0454. The van der Waals surface area contributed by atoms with Crippen molar-refractivity contribution in [2.24, 2.45) is 0 Å². The average molecular weight is 260 g/mol. The molecular formula is C12H18ClNOS. The maximum atomic E-state index is 10.2. The van der Waals surface area contributed by atoms with Crippen LogP contribution in [0.25, 0.3) is 0 Å². The summed E-state index contributed by atoms with van der Waals surface area (Å²) < 4.78 is 0.822. The minimum absolute atomic E-state index is 0.266. The fraction of sp³-hybridized carbons (Fsp3) is 0.667. The number of rotatable bonds is 4. The molecule has 2 N–H and O–H groups in total. The minimum atomic E-state index is -0.477. The summed E-state index contributed by atoms with van der Waals surface area (Å²) in [4.78, 5) is 1.23. The molecule has 1 aliphatic rings. The molecular weight excluding hydrogens is 242 g/mol. The molecule has 0 aliphatic heterocycles. The molecule has 0 amide bonds. The standard InChI is InChI=1S/C12H18ClNOS/c1-9(10-4-5-11(13)16-10)14-8-12(15)6-2-3-7-12/h4-5,9,14-15H,2-3,6-8H2,1H3. The number of hydrogen-bond acceptors (Lipinski definition) is 3. The van der Waals surface area contributed by atoms with E-state index in [4.69, 9.17) is 11.6 Å². The van der Waals surface area contributed by atoms with E-state index in [0.29, 0.717) is 6.54 Å². The van der Waals surface area contributed by atoms with E-state index in [-0.39, 0.29) is 6.04 Å². The minimum Gasteiger partial charge on any atom is -0.389 e.